The summed E-state index contributed by atoms with van der Waals surface area (Å²) in [5.74, 6) is -1.53. The summed E-state index contributed by atoms with van der Waals surface area (Å²) in [6.45, 7) is 0. The van der Waals surface area contributed by atoms with Crippen molar-refractivity contribution in [3.05, 3.63) is 40.4 Å². The van der Waals surface area contributed by atoms with E-state index in [0.29, 0.717) is 0 Å². The molecule has 0 bridgehead atoms. The molecule has 0 aliphatic carbocycles. The Labute approximate surface area is 108 Å². The van der Waals surface area contributed by atoms with E-state index in [-0.39, 0.29) is 15.5 Å². The third kappa shape index (κ3) is 3.73. The first kappa shape index (κ1) is 14.0. The summed E-state index contributed by atoms with van der Waals surface area (Å²) < 4.78 is 23.5. The molecule has 0 aliphatic heterocycles. The van der Waals surface area contributed by atoms with E-state index in [1.807, 2.05) is 0 Å². The van der Waals surface area contributed by atoms with Crippen molar-refractivity contribution in [3.63, 3.8) is 0 Å². The highest BCUT2D eigenvalue weighted by molar-refractivity contribution is 7.91. The topological polar surface area (TPSA) is 71.4 Å². The lowest BCUT2D eigenvalue weighted by atomic mass is 10.2. The van der Waals surface area contributed by atoms with Crippen molar-refractivity contribution in [2.75, 3.05) is 5.75 Å². The van der Waals surface area contributed by atoms with Gasteiger partial charge in [0.1, 0.15) is 0 Å². The van der Waals surface area contributed by atoms with Crippen LogP contribution in [0.15, 0.2) is 39.7 Å². The fraction of sp³-hybridized carbons (Fsp3) is 0.100. The van der Waals surface area contributed by atoms with Crippen LogP contribution in [0.3, 0.4) is 0 Å². The molecule has 1 rings (SSSR count). The minimum atomic E-state index is -3.59. The van der Waals surface area contributed by atoms with Crippen LogP contribution in [0.25, 0.3) is 0 Å². The summed E-state index contributed by atoms with van der Waals surface area (Å²) in [6.07, 6.45) is 0. The Morgan fingerprint density at radius 2 is 1.82 bits per heavy atom. The van der Waals surface area contributed by atoms with Gasteiger partial charge >= 0.3 is 5.97 Å². The molecule has 0 saturated heterocycles. The van der Waals surface area contributed by atoms with Crippen molar-refractivity contribution in [2.45, 2.75) is 4.90 Å². The molecule has 0 amide bonds. The lowest BCUT2D eigenvalue weighted by molar-refractivity contribution is 0.0697. The predicted molar refractivity (Wildman–Crippen MR) is 65.2 cm³/mol. The SMILES string of the molecule is O=C(O)c1ccc(S(=O)(=O)CC(Cl)=CCl)cc1. The van der Waals surface area contributed by atoms with Gasteiger partial charge < -0.3 is 5.11 Å². The first-order chi connectivity index (χ1) is 7.86. The summed E-state index contributed by atoms with van der Waals surface area (Å²) in [5.41, 5.74) is 0.994. The van der Waals surface area contributed by atoms with Crippen LogP contribution in [0, 0.1) is 0 Å². The zero-order valence-corrected chi connectivity index (χ0v) is 10.8. The zero-order chi connectivity index (χ0) is 13.1. The van der Waals surface area contributed by atoms with Gasteiger partial charge in [-0.25, -0.2) is 13.2 Å². The van der Waals surface area contributed by atoms with E-state index in [4.69, 9.17) is 28.3 Å². The molecule has 0 radical (unpaired) electrons. The van der Waals surface area contributed by atoms with Gasteiger partial charge in [-0.15, -0.1) is 0 Å². The number of carbonyl (C=O) groups is 1. The number of halogens is 2. The average Bonchev–Trinajstić information content (AvgIpc) is 2.28. The Morgan fingerprint density at radius 3 is 2.24 bits per heavy atom. The molecular formula is C10H8Cl2O4S. The van der Waals surface area contributed by atoms with Crippen LogP contribution in [0.2, 0.25) is 0 Å². The van der Waals surface area contributed by atoms with Crippen LogP contribution in [-0.4, -0.2) is 25.2 Å². The van der Waals surface area contributed by atoms with E-state index < -0.39 is 21.6 Å². The first-order valence-electron chi connectivity index (χ1n) is 4.37. The maximum atomic E-state index is 11.8. The largest absolute Gasteiger partial charge is 0.478 e. The Morgan fingerprint density at radius 1 is 1.29 bits per heavy atom. The van der Waals surface area contributed by atoms with Gasteiger partial charge in [0, 0.05) is 10.6 Å². The maximum Gasteiger partial charge on any atom is 0.335 e. The van der Waals surface area contributed by atoms with E-state index >= 15 is 0 Å². The highest BCUT2D eigenvalue weighted by Gasteiger charge is 2.16. The van der Waals surface area contributed by atoms with Crippen LogP contribution < -0.4 is 0 Å². The third-order valence-corrected chi connectivity index (χ3v) is 4.36. The standard InChI is InChI=1S/C10H8Cl2O4S/c11-5-8(12)6-17(15,16)9-3-1-7(2-4-9)10(13)14/h1-5H,6H2,(H,13,14). The van der Waals surface area contributed by atoms with Crippen LogP contribution in [0.5, 0.6) is 0 Å². The van der Waals surface area contributed by atoms with Gasteiger partial charge in [0.15, 0.2) is 9.84 Å². The van der Waals surface area contributed by atoms with E-state index in [1.54, 1.807) is 0 Å². The van der Waals surface area contributed by atoms with Crippen LogP contribution in [0.4, 0.5) is 0 Å². The normalized spacial score (nSPS) is 12.5. The van der Waals surface area contributed by atoms with Crippen LogP contribution >= 0.6 is 23.2 Å². The summed E-state index contributed by atoms with van der Waals surface area (Å²) in [5, 5.41) is 8.66. The number of carboxylic acids is 1. The van der Waals surface area contributed by atoms with Crippen LogP contribution in [0.1, 0.15) is 10.4 Å². The number of rotatable bonds is 4. The van der Waals surface area contributed by atoms with Crippen LogP contribution in [-0.2, 0) is 9.84 Å². The van der Waals surface area contributed by atoms with Crippen molar-refractivity contribution in [3.8, 4) is 0 Å². The quantitative estimate of drug-likeness (QED) is 0.926. The number of benzene rings is 1. The second kappa shape index (κ2) is 5.53. The van der Waals surface area contributed by atoms with E-state index in [1.165, 1.54) is 24.3 Å². The summed E-state index contributed by atoms with van der Waals surface area (Å²) >= 11 is 10.8. The Kier molecular flexibility index (Phi) is 4.56. The minimum absolute atomic E-state index is 0.000772. The molecule has 17 heavy (non-hydrogen) atoms. The Bertz CT molecular complexity index is 546. The van der Waals surface area contributed by atoms with Crippen molar-refractivity contribution in [2.24, 2.45) is 0 Å². The first-order valence-corrected chi connectivity index (χ1v) is 6.84. The second-order valence-electron chi connectivity index (χ2n) is 3.14. The van der Waals surface area contributed by atoms with Gasteiger partial charge in [0.2, 0.25) is 0 Å². The van der Waals surface area contributed by atoms with Crippen molar-refractivity contribution in [1.29, 1.82) is 0 Å². The molecular weight excluding hydrogens is 287 g/mol. The number of hydrogen-bond acceptors (Lipinski definition) is 3. The molecule has 1 aromatic rings. The van der Waals surface area contributed by atoms with Gasteiger partial charge in [-0.2, -0.15) is 0 Å². The number of aromatic carboxylic acids is 1. The summed E-state index contributed by atoms with van der Waals surface area (Å²) in [6, 6.07) is 4.87. The van der Waals surface area contributed by atoms with Gasteiger partial charge in [-0.3, -0.25) is 0 Å². The fourth-order valence-corrected chi connectivity index (χ4v) is 2.86. The molecule has 1 N–H and O–H groups in total. The molecule has 0 aliphatic rings. The smallest absolute Gasteiger partial charge is 0.335 e. The van der Waals surface area contributed by atoms with E-state index in [9.17, 15) is 13.2 Å². The van der Waals surface area contributed by atoms with Gasteiger partial charge in [-0.05, 0) is 24.3 Å². The molecule has 0 fully saturated rings. The lowest BCUT2D eigenvalue weighted by Crippen LogP contribution is -2.07. The van der Waals surface area contributed by atoms with E-state index in [2.05, 4.69) is 0 Å². The summed E-state index contributed by atoms with van der Waals surface area (Å²) in [7, 11) is -3.59. The zero-order valence-electron chi connectivity index (χ0n) is 8.43. The highest BCUT2D eigenvalue weighted by atomic mass is 35.5. The lowest BCUT2D eigenvalue weighted by Gasteiger charge is -2.03. The van der Waals surface area contributed by atoms with Crippen molar-refractivity contribution >= 4 is 39.0 Å². The summed E-state index contributed by atoms with van der Waals surface area (Å²) in [4.78, 5) is 10.6. The molecule has 92 valence electrons. The fourth-order valence-electron chi connectivity index (χ4n) is 1.10. The monoisotopic (exact) mass is 294 g/mol. The van der Waals surface area contributed by atoms with Crippen molar-refractivity contribution in [1.82, 2.24) is 0 Å². The molecule has 0 atom stereocenters. The van der Waals surface area contributed by atoms with Gasteiger partial charge in [0.05, 0.1) is 16.2 Å². The Balaban J connectivity index is 3.05. The molecule has 0 heterocycles. The molecule has 7 heteroatoms. The third-order valence-electron chi connectivity index (χ3n) is 1.91. The second-order valence-corrected chi connectivity index (χ2v) is 5.84. The average molecular weight is 295 g/mol. The molecule has 0 unspecified atom stereocenters. The molecule has 1 aromatic carbocycles. The molecule has 0 aromatic heterocycles. The number of hydrogen-bond donors (Lipinski definition) is 1. The maximum absolute atomic E-state index is 11.8. The number of carboxylic acid groups (broad SMARTS) is 1. The van der Waals surface area contributed by atoms with Gasteiger partial charge in [0.25, 0.3) is 0 Å². The molecule has 0 spiro atoms. The molecule has 4 nitrogen and oxygen atoms in total. The van der Waals surface area contributed by atoms with E-state index in [0.717, 1.165) is 5.54 Å². The number of sulfone groups is 1. The predicted octanol–water partition coefficient (Wildman–Crippen LogP) is 2.48. The minimum Gasteiger partial charge on any atom is -0.478 e. The Hall–Kier alpha value is -1.04. The molecule has 0 saturated carbocycles. The van der Waals surface area contributed by atoms with Gasteiger partial charge in [-0.1, -0.05) is 23.2 Å². The van der Waals surface area contributed by atoms with Crippen molar-refractivity contribution < 1.29 is 18.3 Å². The highest BCUT2D eigenvalue weighted by Crippen LogP contribution is 2.17.